The zero-order valence-corrected chi connectivity index (χ0v) is 10.2. The SMILES string of the molecule is CCN1C(=O)CCc2cc(OCC(=O)O)ccc21. The van der Waals surface area contributed by atoms with E-state index in [4.69, 9.17) is 9.84 Å². The minimum atomic E-state index is -1.00. The van der Waals surface area contributed by atoms with Crippen LogP contribution in [-0.2, 0) is 16.0 Å². The summed E-state index contributed by atoms with van der Waals surface area (Å²) >= 11 is 0. The van der Waals surface area contributed by atoms with Crippen LogP contribution in [0.25, 0.3) is 0 Å². The molecule has 1 aliphatic rings. The molecule has 96 valence electrons. The van der Waals surface area contributed by atoms with E-state index in [1.54, 1.807) is 11.0 Å². The fourth-order valence-corrected chi connectivity index (χ4v) is 2.12. The summed E-state index contributed by atoms with van der Waals surface area (Å²) in [6, 6.07) is 5.32. The summed E-state index contributed by atoms with van der Waals surface area (Å²) in [6.45, 7) is 2.22. The quantitative estimate of drug-likeness (QED) is 0.877. The van der Waals surface area contributed by atoms with Crippen molar-refractivity contribution in [2.24, 2.45) is 0 Å². The van der Waals surface area contributed by atoms with Gasteiger partial charge in [-0.3, -0.25) is 4.79 Å². The molecule has 18 heavy (non-hydrogen) atoms. The standard InChI is InChI=1S/C13H15NO4/c1-2-14-11-5-4-10(18-8-13(16)17)7-9(11)3-6-12(14)15/h4-5,7H,2-3,6,8H2,1H3,(H,16,17). The lowest BCUT2D eigenvalue weighted by molar-refractivity contribution is -0.139. The zero-order valence-electron chi connectivity index (χ0n) is 10.2. The lowest BCUT2D eigenvalue weighted by atomic mass is 10.0. The number of aliphatic carboxylic acids is 1. The van der Waals surface area contributed by atoms with Crippen LogP contribution in [0.5, 0.6) is 5.75 Å². The van der Waals surface area contributed by atoms with Crippen molar-refractivity contribution >= 4 is 17.6 Å². The van der Waals surface area contributed by atoms with Crippen LogP contribution in [0, 0.1) is 0 Å². The molecule has 1 aromatic carbocycles. The highest BCUT2D eigenvalue weighted by Crippen LogP contribution is 2.30. The van der Waals surface area contributed by atoms with E-state index >= 15 is 0 Å². The molecule has 0 saturated carbocycles. The van der Waals surface area contributed by atoms with Crippen LogP contribution in [0.3, 0.4) is 0 Å². The number of carbonyl (C=O) groups excluding carboxylic acids is 1. The summed E-state index contributed by atoms with van der Waals surface area (Å²) in [5.41, 5.74) is 1.93. The molecule has 0 aliphatic carbocycles. The van der Waals surface area contributed by atoms with Crippen molar-refractivity contribution < 1.29 is 19.4 Å². The van der Waals surface area contributed by atoms with Gasteiger partial charge in [-0.25, -0.2) is 4.79 Å². The van der Waals surface area contributed by atoms with Crippen LogP contribution >= 0.6 is 0 Å². The molecule has 0 fully saturated rings. The van der Waals surface area contributed by atoms with Gasteiger partial charge in [0.2, 0.25) is 5.91 Å². The van der Waals surface area contributed by atoms with Gasteiger partial charge in [-0.15, -0.1) is 0 Å². The third-order valence-electron chi connectivity index (χ3n) is 2.93. The maximum atomic E-state index is 11.7. The smallest absolute Gasteiger partial charge is 0.341 e. The summed E-state index contributed by atoms with van der Waals surface area (Å²) in [5, 5.41) is 8.55. The molecule has 0 atom stereocenters. The first-order valence-electron chi connectivity index (χ1n) is 5.89. The van der Waals surface area contributed by atoms with Gasteiger partial charge in [0.05, 0.1) is 0 Å². The molecule has 0 radical (unpaired) electrons. The van der Waals surface area contributed by atoms with Crippen molar-refractivity contribution in [2.75, 3.05) is 18.1 Å². The lowest BCUT2D eigenvalue weighted by Gasteiger charge is -2.28. The molecule has 1 aromatic rings. The van der Waals surface area contributed by atoms with Crippen LogP contribution in [0.4, 0.5) is 5.69 Å². The Bertz CT molecular complexity index is 484. The highest BCUT2D eigenvalue weighted by molar-refractivity contribution is 5.96. The number of rotatable bonds is 4. The van der Waals surface area contributed by atoms with E-state index in [1.807, 2.05) is 19.1 Å². The van der Waals surface area contributed by atoms with Crippen LogP contribution in [0.2, 0.25) is 0 Å². The second kappa shape index (κ2) is 5.08. The number of amides is 1. The molecule has 5 heteroatoms. The number of aryl methyl sites for hydroxylation is 1. The predicted octanol–water partition coefficient (Wildman–Crippen LogP) is 1.45. The Labute approximate surface area is 105 Å². The highest BCUT2D eigenvalue weighted by atomic mass is 16.5. The van der Waals surface area contributed by atoms with Crippen molar-refractivity contribution in [1.29, 1.82) is 0 Å². The number of hydrogen-bond donors (Lipinski definition) is 1. The minimum absolute atomic E-state index is 0.129. The first-order valence-corrected chi connectivity index (χ1v) is 5.89. The Hall–Kier alpha value is -2.04. The monoisotopic (exact) mass is 249 g/mol. The maximum Gasteiger partial charge on any atom is 0.341 e. The third kappa shape index (κ3) is 2.45. The van der Waals surface area contributed by atoms with Gasteiger partial charge in [-0.05, 0) is 37.1 Å². The van der Waals surface area contributed by atoms with E-state index in [2.05, 4.69) is 0 Å². The lowest BCUT2D eigenvalue weighted by Crippen LogP contribution is -2.34. The van der Waals surface area contributed by atoms with Gasteiger partial charge in [0, 0.05) is 18.7 Å². The van der Waals surface area contributed by atoms with Gasteiger partial charge in [-0.2, -0.15) is 0 Å². The second-order valence-electron chi connectivity index (χ2n) is 4.11. The summed E-state index contributed by atoms with van der Waals surface area (Å²) in [7, 11) is 0. The molecule has 1 amide bonds. The fourth-order valence-electron chi connectivity index (χ4n) is 2.12. The number of ether oxygens (including phenoxy) is 1. The Morgan fingerprint density at radius 1 is 1.44 bits per heavy atom. The number of hydrogen-bond acceptors (Lipinski definition) is 3. The van der Waals surface area contributed by atoms with Gasteiger partial charge in [0.1, 0.15) is 5.75 Å². The molecular weight excluding hydrogens is 234 g/mol. The number of carboxylic acids is 1. The predicted molar refractivity (Wildman–Crippen MR) is 65.9 cm³/mol. The number of fused-ring (bicyclic) bond motifs is 1. The number of carbonyl (C=O) groups is 2. The minimum Gasteiger partial charge on any atom is -0.482 e. The maximum absolute atomic E-state index is 11.7. The van der Waals surface area contributed by atoms with Gasteiger partial charge >= 0.3 is 5.97 Å². The Morgan fingerprint density at radius 3 is 2.89 bits per heavy atom. The molecule has 1 aliphatic heterocycles. The van der Waals surface area contributed by atoms with Gasteiger partial charge in [0.25, 0.3) is 0 Å². The fraction of sp³-hybridized carbons (Fsp3) is 0.385. The van der Waals surface area contributed by atoms with Crippen LogP contribution in [0.1, 0.15) is 18.9 Å². The molecule has 2 rings (SSSR count). The average molecular weight is 249 g/mol. The van der Waals surface area contributed by atoms with Crippen molar-refractivity contribution in [3.63, 3.8) is 0 Å². The molecule has 5 nitrogen and oxygen atoms in total. The topological polar surface area (TPSA) is 66.8 Å². The summed E-state index contributed by atoms with van der Waals surface area (Å²) in [6.07, 6.45) is 1.16. The van der Waals surface area contributed by atoms with Gasteiger partial charge < -0.3 is 14.7 Å². The number of anilines is 1. The normalized spacial score (nSPS) is 14.3. The largest absolute Gasteiger partial charge is 0.482 e. The van der Waals surface area contributed by atoms with E-state index in [0.717, 1.165) is 11.3 Å². The van der Waals surface area contributed by atoms with E-state index in [1.165, 1.54) is 0 Å². The molecular formula is C13H15NO4. The Kier molecular flexibility index (Phi) is 3.50. The number of benzene rings is 1. The summed E-state index contributed by atoms with van der Waals surface area (Å²) < 4.78 is 5.13. The zero-order chi connectivity index (χ0) is 13.1. The number of carboxylic acid groups (broad SMARTS) is 1. The number of nitrogens with zero attached hydrogens (tertiary/aromatic N) is 1. The van der Waals surface area contributed by atoms with Crippen molar-refractivity contribution in [2.45, 2.75) is 19.8 Å². The molecule has 0 unspecified atom stereocenters. The van der Waals surface area contributed by atoms with Crippen molar-refractivity contribution in [3.8, 4) is 5.75 Å². The molecule has 1 N–H and O–H groups in total. The van der Waals surface area contributed by atoms with Crippen molar-refractivity contribution in [3.05, 3.63) is 23.8 Å². The first kappa shape index (κ1) is 12.4. The van der Waals surface area contributed by atoms with Gasteiger partial charge in [0.15, 0.2) is 6.61 Å². The summed E-state index contributed by atoms with van der Waals surface area (Å²) in [5.74, 6) is -0.344. The molecule has 0 spiro atoms. The Morgan fingerprint density at radius 2 is 2.22 bits per heavy atom. The molecule has 0 aromatic heterocycles. The third-order valence-corrected chi connectivity index (χ3v) is 2.93. The first-order chi connectivity index (χ1) is 8.61. The highest BCUT2D eigenvalue weighted by Gasteiger charge is 2.22. The summed E-state index contributed by atoms with van der Waals surface area (Å²) in [4.78, 5) is 23.9. The van der Waals surface area contributed by atoms with Crippen LogP contribution in [-0.4, -0.2) is 30.1 Å². The van der Waals surface area contributed by atoms with E-state index in [9.17, 15) is 9.59 Å². The van der Waals surface area contributed by atoms with Crippen molar-refractivity contribution in [1.82, 2.24) is 0 Å². The molecule has 0 saturated heterocycles. The van der Waals surface area contributed by atoms with E-state index in [-0.39, 0.29) is 12.5 Å². The van der Waals surface area contributed by atoms with Crippen LogP contribution in [0.15, 0.2) is 18.2 Å². The Balaban J connectivity index is 2.22. The van der Waals surface area contributed by atoms with Crippen LogP contribution < -0.4 is 9.64 Å². The molecule has 0 bridgehead atoms. The second-order valence-corrected chi connectivity index (χ2v) is 4.11. The average Bonchev–Trinajstić information content (AvgIpc) is 2.36. The van der Waals surface area contributed by atoms with Gasteiger partial charge in [-0.1, -0.05) is 0 Å². The molecule has 1 heterocycles. The van der Waals surface area contributed by atoms with E-state index in [0.29, 0.717) is 25.1 Å². The van der Waals surface area contributed by atoms with E-state index < -0.39 is 5.97 Å².